The van der Waals surface area contributed by atoms with Crippen LogP contribution in [0.25, 0.3) is 0 Å². The second kappa shape index (κ2) is 6.33. The molecule has 0 saturated carbocycles. The van der Waals surface area contributed by atoms with Gasteiger partial charge >= 0.3 is 0 Å². The standard InChI is InChI=1S/C7H21N5/c1-10(4-8)6-12(3)7-11(2)5-9/h4-9H2,1-3H3. The van der Waals surface area contributed by atoms with E-state index in [2.05, 4.69) is 4.90 Å². The van der Waals surface area contributed by atoms with Gasteiger partial charge in [-0.15, -0.1) is 0 Å². The molecule has 0 atom stereocenters. The van der Waals surface area contributed by atoms with Gasteiger partial charge in [0.05, 0.1) is 13.3 Å². The van der Waals surface area contributed by atoms with Crippen molar-refractivity contribution in [2.45, 2.75) is 0 Å². The van der Waals surface area contributed by atoms with Crippen molar-refractivity contribution in [3.05, 3.63) is 0 Å². The van der Waals surface area contributed by atoms with Crippen LogP contribution in [-0.4, -0.2) is 62.5 Å². The van der Waals surface area contributed by atoms with Crippen LogP contribution in [0.5, 0.6) is 0 Å². The lowest BCUT2D eigenvalue weighted by Crippen LogP contribution is -2.42. The van der Waals surface area contributed by atoms with Gasteiger partial charge < -0.3 is 11.5 Å². The molecule has 0 aliphatic rings. The molecular formula is C7H21N5. The van der Waals surface area contributed by atoms with Gasteiger partial charge in [0.1, 0.15) is 0 Å². The Morgan fingerprint density at radius 2 is 1.08 bits per heavy atom. The third-order valence-electron chi connectivity index (χ3n) is 1.59. The Bertz CT molecular complexity index is 96.0. The first-order chi connectivity index (χ1) is 5.60. The number of hydrogen-bond donors (Lipinski definition) is 2. The van der Waals surface area contributed by atoms with Crippen molar-refractivity contribution in [1.82, 2.24) is 14.7 Å². The molecule has 0 aliphatic heterocycles. The highest BCUT2D eigenvalue weighted by molar-refractivity contribution is 4.50. The van der Waals surface area contributed by atoms with Crippen molar-refractivity contribution in [2.75, 3.05) is 47.8 Å². The van der Waals surface area contributed by atoms with Crippen molar-refractivity contribution < 1.29 is 0 Å². The zero-order valence-electron chi connectivity index (χ0n) is 8.32. The van der Waals surface area contributed by atoms with Crippen LogP contribution in [0.15, 0.2) is 0 Å². The first kappa shape index (κ1) is 11.8. The van der Waals surface area contributed by atoms with E-state index in [9.17, 15) is 0 Å². The van der Waals surface area contributed by atoms with Crippen molar-refractivity contribution in [3.8, 4) is 0 Å². The van der Waals surface area contributed by atoms with Gasteiger partial charge in [0, 0.05) is 13.3 Å². The number of rotatable bonds is 6. The summed E-state index contributed by atoms with van der Waals surface area (Å²) in [4.78, 5) is 6.22. The van der Waals surface area contributed by atoms with Gasteiger partial charge in [0.15, 0.2) is 0 Å². The summed E-state index contributed by atoms with van der Waals surface area (Å²) in [5.41, 5.74) is 10.9. The Morgan fingerprint density at radius 1 is 0.750 bits per heavy atom. The predicted molar refractivity (Wildman–Crippen MR) is 51.1 cm³/mol. The number of hydrogen-bond acceptors (Lipinski definition) is 5. The van der Waals surface area contributed by atoms with Crippen LogP contribution in [0.1, 0.15) is 0 Å². The fraction of sp³-hybridized carbons (Fsp3) is 1.00. The van der Waals surface area contributed by atoms with Crippen LogP contribution in [0.2, 0.25) is 0 Å². The van der Waals surface area contributed by atoms with Crippen LogP contribution in [0.3, 0.4) is 0 Å². The van der Waals surface area contributed by atoms with Crippen molar-refractivity contribution in [1.29, 1.82) is 0 Å². The molecule has 0 heterocycles. The molecule has 0 aromatic rings. The maximum atomic E-state index is 5.44. The molecule has 0 aliphatic carbocycles. The maximum absolute atomic E-state index is 5.44. The van der Waals surface area contributed by atoms with Crippen LogP contribution in [0.4, 0.5) is 0 Å². The molecule has 0 unspecified atom stereocenters. The Hall–Kier alpha value is -0.200. The summed E-state index contributed by atoms with van der Waals surface area (Å²) in [5.74, 6) is 0. The Morgan fingerprint density at radius 3 is 1.33 bits per heavy atom. The molecule has 0 aromatic heterocycles. The summed E-state index contributed by atoms with van der Waals surface area (Å²) in [6.45, 7) is 2.88. The van der Waals surface area contributed by atoms with Gasteiger partial charge in [0.25, 0.3) is 0 Å². The lowest BCUT2D eigenvalue weighted by atomic mass is 10.7. The second-order valence-electron chi connectivity index (χ2n) is 3.22. The van der Waals surface area contributed by atoms with Gasteiger partial charge in [0.2, 0.25) is 0 Å². The summed E-state index contributed by atoms with van der Waals surface area (Å²) in [7, 11) is 6.01. The van der Waals surface area contributed by atoms with E-state index in [4.69, 9.17) is 11.5 Å². The molecule has 0 spiro atoms. The molecule has 0 saturated heterocycles. The topological polar surface area (TPSA) is 61.8 Å². The Balaban J connectivity index is 3.51. The third kappa shape index (κ3) is 5.45. The highest BCUT2D eigenvalue weighted by atomic mass is 15.4. The van der Waals surface area contributed by atoms with Crippen LogP contribution in [-0.2, 0) is 0 Å². The van der Waals surface area contributed by atoms with E-state index in [0.29, 0.717) is 13.3 Å². The molecule has 74 valence electrons. The third-order valence-corrected chi connectivity index (χ3v) is 1.59. The highest BCUT2D eigenvalue weighted by Crippen LogP contribution is 1.87. The molecule has 0 aromatic carbocycles. The zero-order valence-corrected chi connectivity index (χ0v) is 8.32. The van der Waals surface area contributed by atoms with E-state index in [-0.39, 0.29) is 0 Å². The molecule has 0 amide bonds. The summed E-state index contributed by atoms with van der Waals surface area (Å²) in [6.07, 6.45) is 0. The summed E-state index contributed by atoms with van der Waals surface area (Å²) < 4.78 is 0. The minimum absolute atomic E-state index is 0.580. The average Bonchev–Trinajstić information content (AvgIpc) is 2.03. The molecule has 5 nitrogen and oxygen atoms in total. The fourth-order valence-electron chi connectivity index (χ4n) is 0.984. The zero-order chi connectivity index (χ0) is 9.56. The number of nitrogens with two attached hydrogens (primary N) is 2. The van der Waals surface area contributed by atoms with Gasteiger partial charge in [-0.25, -0.2) is 0 Å². The Kier molecular flexibility index (Phi) is 6.23. The molecule has 5 heteroatoms. The van der Waals surface area contributed by atoms with E-state index < -0.39 is 0 Å². The van der Waals surface area contributed by atoms with Gasteiger partial charge in [-0.05, 0) is 21.1 Å². The van der Waals surface area contributed by atoms with Crippen molar-refractivity contribution in [2.24, 2.45) is 11.5 Å². The molecule has 0 rings (SSSR count). The summed E-state index contributed by atoms with van der Waals surface area (Å²) in [6, 6.07) is 0. The monoisotopic (exact) mass is 175 g/mol. The van der Waals surface area contributed by atoms with E-state index in [1.54, 1.807) is 0 Å². The molecule has 0 fully saturated rings. The van der Waals surface area contributed by atoms with Gasteiger partial charge in [-0.2, -0.15) is 0 Å². The highest BCUT2D eigenvalue weighted by Gasteiger charge is 2.03. The van der Waals surface area contributed by atoms with E-state index in [0.717, 1.165) is 13.3 Å². The van der Waals surface area contributed by atoms with E-state index >= 15 is 0 Å². The summed E-state index contributed by atoms with van der Waals surface area (Å²) in [5, 5.41) is 0. The normalized spacial score (nSPS) is 12.0. The van der Waals surface area contributed by atoms with E-state index in [1.165, 1.54) is 0 Å². The molecule has 12 heavy (non-hydrogen) atoms. The van der Waals surface area contributed by atoms with Crippen molar-refractivity contribution in [3.63, 3.8) is 0 Å². The predicted octanol–water partition coefficient (Wildman–Crippen LogP) is -1.47. The summed E-state index contributed by atoms with van der Waals surface area (Å²) >= 11 is 0. The molecule has 4 N–H and O–H groups in total. The molecular weight excluding hydrogens is 154 g/mol. The lowest BCUT2D eigenvalue weighted by molar-refractivity contribution is 0.121. The number of nitrogens with zero attached hydrogens (tertiary/aromatic N) is 3. The average molecular weight is 175 g/mol. The largest absolute Gasteiger partial charge is 0.318 e. The van der Waals surface area contributed by atoms with Gasteiger partial charge in [-0.3, -0.25) is 14.7 Å². The fourth-order valence-corrected chi connectivity index (χ4v) is 0.984. The lowest BCUT2D eigenvalue weighted by Gasteiger charge is -2.26. The first-order valence-corrected chi connectivity index (χ1v) is 4.06. The van der Waals surface area contributed by atoms with Crippen LogP contribution < -0.4 is 11.5 Å². The van der Waals surface area contributed by atoms with Crippen molar-refractivity contribution >= 4 is 0 Å². The quantitative estimate of drug-likeness (QED) is 0.483. The molecule has 0 bridgehead atoms. The van der Waals surface area contributed by atoms with E-state index in [1.807, 2.05) is 30.9 Å². The maximum Gasteiger partial charge on any atom is 0.0523 e. The minimum atomic E-state index is 0.580. The first-order valence-electron chi connectivity index (χ1n) is 4.06. The van der Waals surface area contributed by atoms with Crippen LogP contribution >= 0.6 is 0 Å². The SMILES string of the molecule is CN(CN)CN(C)CN(C)CN. The van der Waals surface area contributed by atoms with Gasteiger partial charge in [-0.1, -0.05) is 0 Å². The second-order valence-corrected chi connectivity index (χ2v) is 3.22. The van der Waals surface area contributed by atoms with Crippen LogP contribution in [0, 0.1) is 0 Å². The Labute approximate surface area is 74.9 Å². The smallest absolute Gasteiger partial charge is 0.0523 e. The minimum Gasteiger partial charge on any atom is -0.318 e. The molecule has 0 radical (unpaired) electrons.